The lowest BCUT2D eigenvalue weighted by Gasteiger charge is -2.34. The first-order chi connectivity index (χ1) is 11.9. The Bertz CT molecular complexity index is 548. The zero-order valence-corrected chi connectivity index (χ0v) is 16.6. The third kappa shape index (κ3) is 6.89. The number of hydrogen-bond acceptors (Lipinski definition) is 6. The van der Waals surface area contributed by atoms with Gasteiger partial charge in [0, 0.05) is 37.6 Å². The van der Waals surface area contributed by atoms with E-state index in [-0.39, 0.29) is 0 Å². The van der Waals surface area contributed by atoms with Crippen molar-refractivity contribution in [3.63, 3.8) is 0 Å². The topological polar surface area (TPSA) is 82.0 Å². The molecule has 1 aliphatic rings. The molecule has 0 aromatic carbocycles. The summed E-state index contributed by atoms with van der Waals surface area (Å²) < 4.78 is 5.36. The number of nitrogens with one attached hydrogen (secondary N) is 2. The number of ether oxygens (including phenoxy) is 1. The Morgan fingerprint density at radius 1 is 1.36 bits per heavy atom. The fraction of sp³-hybridized carbons (Fsp3) is 0.765. The highest BCUT2D eigenvalue weighted by Crippen LogP contribution is 2.17. The van der Waals surface area contributed by atoms with Crippen LogP contribution in [-0.4, -0.2) is 72.5 Å². The van der Waals surface area contributed by atoms with Crippen LogP contribution in [0.25, 0.3) is 0 Å². The van der Waals surface area contributed by atoms with Crippen LogP contribution < -0.4 is 10.6 Å². The lowest BCUT2D eigenvalue weighted by Crippen LogP contribution is -2.52. The highest BCUT2D eigenvalue weighted by atomic mass is 32.1. The summed E-state index contributed by atoms with van der Waals surface area (Å²) >= 11 is 1.68. The van der Waals surface area contributed by atoms with E-state index in [0.717, 1.165) is 43.5 Å². The molecular weight excluding hydrogens is 338 g/mol. The maximum atomic E-state index is 10.7. The van der Waals surface area contributed by atoms with Gasteiger partial charge in [0.25, 0.3) is 0 Å². The SMILES string of the molecule is CCNC(=NCc1nc(C)c(C)s1)NCC(C)(O)CN1CCOCC1. The number of nitrogens with zero attached hydrogens (tertiary/aromatic N) is 3. The van der Waals surface area contributed by atoms with Gasteiger partial charge >= 0.3 is 0 Å². The molecule has 0 bridgehead atoms. The quantitative estimate of drug-likeness (QED) is 0.489. The van der Waals surface area contributed by atoms with Crippen LogP contribution in [0.3, 0.4) is 0 Å². The standard InChI is InChI=1S/C17H31N5O2S/c1-5-18-16(19-10-15-21-13(2)14(3)25-15)20-11-17(4,23)12-22-6-8-24-9-7-22/h23H,5-12H2,1-4H3,(H2,18,19,20). The molecule has 8 heteroatoms. The molecule has 1 fully saturated rings. The summed E-state index contributed by atoms with van der Waals surface area (Å²) in [6.07, 6.45) is 0. The summed E-state index contributed by atoms with van der Waals surface area (Å²) in [6.45, 7) is 13.6. The minimum absolute atomic E-state index is 0.437. The zero-order valence-electron chi connectivity index (χ0n) is 15.8. The fourth-order valence-electron chi connectivity index (χ4n) is 2.67. The molecule has 0 saturated carbocycles. The second-order valence-electron chi connectivity index (χ2n) is 6.68. The molecule has 7 nitrogen and oxygen atoms in total. The Morgan fingerprint density at radius 2 is 2.08 bits per heavy atom. The highest BCUT2D eigenvalue weighted by molar-refractivity contribution is 7.11. The fourth-order valence-corrected chi connectivity index (χ4v) is 3.52. The van der Waals surface area contributed by atoms with Crippen molar-refractivity contribution in [2.75, 3.05) is 45.9 Å². The van der Waals surface area contributed by atoms with Gasteiger partial charge in [-0.1, -0.05) is 0 Å². The molecule has 0 aliphatic carbocycles. The van der Waals surface area contributed by atoms with Crippen LogP contribution in [0.5, 0.6) is 0 Å². The van der Waals surface area contributed by atoms with Crippen molar-refractivity contribution in [3.8, 4) is 0 Å². The van der Waals surface area contributed by atoms with Crippen LogP contribution in [0.4, 0.5) is 0 Å². The molecule has 1 aromatic heterocycles. The number of thiazole rings is 1. The average Bonchev–Trinajstić information content (AvgIpc) is 2.89. The summed E-state index contributed by atoms with van der Waals surface area (Å²) in [4.78, 5) is 12.6. The van der Waals surface area contributed by atoms with E-state index in [2.05, 4.69) is 32.4 Å². The van der Waals surface area contributed by atoms with E-state index in [4.69, 9.17) is 4.74 Å². The Labute approximate surface area is 154 Å². The zero-order chi connectivity index (χ0) is 18.3. The van der Waals surface area contributed by atoms with Gasteiger partial charge in [0.1, 0.15) is 5.01 Å². The lowest BCUT2D eigenvalue weighted by molar-refractivity contribution is -0.0201. The van der Waals surface area contributed by atoms with Gasteiger partial charge in [-0.15, -0.1) is 11.3 Å². The molecule has 3 N–H and O–H groups in total. The van der Waals surface area contributed by atoms with Gasteiger partial charge in [-0.2, -0.15) is 0 Å². The van der Waals surface area contributed by atoms with Crippen molar-refractivity contribution < 1.29 is 9.84 Å². The van der Waals surface area contributed by atoms with Crippen molar-refractivity contribution >= 4 is 17.3 Å². The molecule has 1 aliphatic heterocycles. The maximum absolute atomic E-state index is 10.7. The molecule has 1 aromatic rings. The Kier molecular flexibility index (Phi) is 7.61. The van der Waals surface area contributed by atoms with Crippen LogP contribution in [0.15, 0.2) is 4.99 Å². The molecule has 25 heavy (non-hydrogen) atoms. The van der Waals surface area contributed by atoms with E-state index in [0.29, 0.717) is 25.6 Å². The van der Waals surface area contributed by atoms with Gasteiger partial charge in [-0.05, 0) is 27.7 Å². The number of aliphatic imine (C=N–C) groups is 1. The van der Waals surface area contributed by atoms with E-state index in [1.165, 1.54) is 4.88 Å². The molecule has 0 radical (unpaired) electrons. The van der Waals surface area contributed by atoms with E-state index in [1.54, 1.807) is 11.3 Å². The van der Waals surface area contributed by atoms with E-state index in [9.17, 15) is 5.11 Å². The minimum Gasteiger partial charge on any atom is -0.387 e. The highest BCUT2D eigenvalue weighted by Gasteiger charge is 2.25. The Morgan fingerprint density at radius 3 is 2.68 bits per heavy atom. The summed E-state index contributed by atoms with van der Waals surface area (Å²) in [7, 11) is 0. The smallest absolute Gasteiger partial charge is 0.191 e. The van der Waals surface area contributed by atoms with Gasteiger partial charge in [0.05, 0.1) is 31.1 Å². The lowest BCUT2D eigenvalue weighted by atomic mass is 10.1. The van der Waals surface area contributed by atoms with Crippen molar-refractivity contribution in [1.82, 2.24) is 20.5 Å². The van der Waals surface area contributed by atoms with Gasteiger partial charge in [-0.25, -0.2) is 9.98 Å². The molecular formula is C17H31N5O2S. The average molecular weight is 370 g/mol. The van der Waals surface area contributed by atoms with Gasteiger partial charge in [0.15, 0.2) is 5.96 Å². The molecule has 1 unspecified atom stereocenters. The molecule has 0 spiro atoms. The number of guanidine groups is 1. The Balaban J connectivity index is 1.87. The van der Waals surface area contributed by atoms with Gasteiger partial charge in [-0.3, -0.25) is 4.90 Å². The van der Waals surface area contributed by atoms with Crippen LogP contribution in [0, 0.1) is 13.8 Å². The van der Waals surface area contributed by atoms with E-state index in [1.807, 2.05) is 20.8 Å². The van der Waals surface area contributed by atoms with Gasteiger partial charge in [0.2, 0.25) is 0 Å². The molecule has 0 amide bonds. The number of morpholine rings is 1. The number of rotatable bonds is 7. The largest absolute Gasteiger partial charge is 0.387 e. The van der Waals surface area contributed by atoms with E-state index < -0.39 is 5.60 Å². The van der Waals surface area contributed by atoms with Crippen molar-refractivity contribution in [2.24, 2.45) is 4.99 Å². The number of hydrogen-bond donors (Lipinski definition) is 3. The first kappa shape index (κ1) is 20.1. The summed E-state index contributed by atoms with van der Waals surface area (Å²) in [5.74, 6) is 0.704. The maximum Gasteiger partial charge on any atom is 0.191 e. The second-order valence-corrected chi connectivity index (χ2v) is 7.97. The Hall–Kier alpha value is -1.22. The molecule has 1 atom stereocenters. The van der Waals surface area contributed by atoms with Gasteiger partial charge < -0.3 is 20.5 Å². The molecule has 1 saturated heterocycles. The minimum atomic E-state index is -0.831. The normalized spacial score (nSPS) is 18.8. The third-order valence-corrected chi connectivity index (χ3v) is 5.15. The van der Waals surface area contributed by atoms with Crippen LogP contribution in [0.1, 0.15) is 29.4 Å². The monoisotopic (exact) mass is 369 g/mol. The predicted octanol–water partition coefficient (Wildman–Crippen LogP) is 0.898. The summed E-state index contributed by atoms with van der Waals surface area (Å²) in [6, 6.07) is 0. The molecule has 142 valence electrons. The summed E-state index contributed by atoms with van der Waals surface area (Å²) in [5.41, 5.74) is 0.239. The van der Waals surface area contributed by atoms with Crippen LogP contribution in [0.2, 0.25) is 0 Å². The number of aliphatic hydroxyl groups is 1. The number of aromatic nitrogens is 1. The number of β-amino-alcohol motifs (C(OH)–C–C–N with tert-alkyl or cyclic N) is 1. The summed E-state index contributed by atoms with van der Waals surface area (Å²) in [5, 5.41) is 18.1. The third-order valence-electron chi connectivity index (χ3n) is 4.09. The van der Waals surface area contributed by atoms with Crippen molar-refractivity contribution in [2.45, 2.75) is 39.8 Å². The van der Waals surface area contributed by atoms with Crippen molar-refractivity contribution in [1.29, 1.82) is 0 Å². The first-order valence-corrected chi connectivity index (χ1v) is 9.69. The van der Waals surface area contributed by atoms with E-state index >= 15 is 0 Å². The predicted molar refractivity (Wildman–Crippen MR) is 102 cm³/mol. The first-order valence-electron chi connectivity index (χ1n) is 8.87. The van der Waals surface area contributed by atoms with Crippen molar-refractivity contribution in [3.05, 3.63) is 15.6 Å². The molecule has 2 rings (SSSR count). The van der Waals surface area contributed by atoms with Crippen LogP contribution >= 0.6 is 11.3 Å². The van der Waals surface area contributed by atoms with Crippen LogP contribution in [-0.2, 0) is 11.3 Å². The molecule has 2 heterocycles. The number of aryl methyl sites for hydroxylation is 2. The second kappa shape index (κ2) is 9.47.